The lowest BCUT2D eigenvalue weighted by Gasteiger charge is -2.04. The number of alkyl halides is 2. The molecule has 0 saturated carbocycles. The van der Waals surface area contributed by atoms with Crippen molar-refractivity contribution in [2.75, 3.05) is 5.32 Å². The van der Waals surface area contributed by atoms with Gasteiger partial charge in [-0.15, -0.1) is 5.10 Å². The van der Waals surface area contributed by atoms with E-state index in [1.807, 2.05) is 0 Å². The molecule has 1 N–H and O–H groups in total. The molecule has 0 radical (unpaired) electrons. The normalized spacial score (nSPS) is 11.2. The van der Waals surface area contributed by atoms with Gasteiger partial charge in [0, 0.05) is 21.4 Å². The van der Waals surface area contributed by atoms with Gasteiger partial charge in [-0.1, -0.05) is 23.2 Å². The lowest BCUT2D eigenvalue weighted by atomic mass is 10.3. The lowest BCUT2D eigenvalue weighted by Crippen LogP contribution is -2.14. The van der Waals surface area contributed by atoms with Gasteiger partial charge in [0.25, 0.3) is 18.1 Å². The molecular formula is C14H9Cl2F2N5O. The van der Waals surface area contributed by atoms with Crippen LogP contribution in [0.15, 0.2) is 24.3 Å². The Kier molecular flexibility index (Phi) is 4.33. The van der Waals surface area contributed by atoms with E-state index in [9.17, 15) is 13.6 Å². The quantitative estimate of drug-likeness (QED) is 0.756. The molecule has 3 aromatic rings. The van der Waals surface area contributed by atoms with Crippen LogP contribution in [-0.2, 0) is 0 Å². The summed E-state index contributed by atoms with van der Waals surface area (Å²) in [6.07, 6.45) is -2.78. The van der Waals surface area contributed by atoms with Gasteiger partial charge in [-0.2, -0.15) is 9.50 Å². The standard InChI is InChI=1S/C14H9Cl2F2N5O/c1-6-2-10(11(17)18)23-14(19-6)21-12(22-23)13(24)20-9-4-7(15)3-8(16)5-9/h2-5,11H,1H3,(H,20,24). The second-order valence-electron chi connectivity index (χ2n) is 4.88. The number of nitrogens with one attached hydrogen (secondary N) is 1. The summed E-state index contributed by atoms with van der Waals surface area (Å²) >= 11 is 11.7. The van der Waals surface area contributed by atoms with Gasteiger partial charge in [-0.25, -0.2) is 13.8 Å². The van der Waals surface area contributed by atoms with Crippen molar-refractivity contribution in [1.29, 1.82) is 0 Å². The first-order valence-electron chi connectivity index (χ1n) is 6.63. The Morgan fingerprint density at radius 1 is 1.17 bits per heavy atom. The summed E-state index contributed by atoms with van der Waals surface area (Å²) in [5.41, 5.74) is 0.281. The van der Waals surface area contributed by atoms with E-state index in [0.717, 1.165) is 4.52 Å². The van der Waals surface area contributed by atoms with Gasteiger partial charge in [-0.3, -0.25) is 4.79 Å². The Bertz CT molecular complexity index is 924. The van der Waals surface area contributed by atoms with E-state index in [4.69, 9.17) is 23.2 Å². The highest BCUT2D eigenvalue weighted by Crippen LogP contribution is 2.23. The largest absolute Gasteiger partial charge is 0.319 e. The Morgan fingerprint density at radius 2 is 1.83 bits per heavy atom. The minimum atomic E-state index is -2.78. The van der Waals surface area contributed by atoms with Crippen LogP contribution in [0.25, 0.3) is 5.78 Å². The average Bonchev–Trinajstić information content (AvgIpc) is 2.88. The van der Waals surface area contributed by atoms with Gasteiger partial charge >= 0.3 is 0 Å². The first-order valence-corrected chi connectivity index (χ1v) is 7.39. The zero-order valence-electron chi connectivity index (χ0n) is 12.1. The molecular weight excluding hydrogens is 363 g/mol. The van der Waals surface area contributed by atoms with Crippen LogP contribution in [0.4, 0.5) is 14.5 Å². The van der Waals surface area contributed by atoms with E-state index >= 15 is 0 Å². The average molecular weight is 372 g/mol. The minimum absolute atomic E-state index is 0.0837. The lowest BCUT2D eigenvalue weighted by molar-refractivity contribution is 0.101. The van der Waals surface area contributed by atoms with Crippen LogP contribution in [0, 0.1) is 6.92 Å². The molecule has 2 aromatic heterocycles. The third-order valence-electron chi connectivity index (χ3n) is 3.01. The third-order valence-corrected chi connectivity index (χ3v) is 3.45. The van der Waals surface area contributed by atoms with E-state index in [1.165, 1.54) is 24.3 Å². The van der Waals surface area contributed by atoms with Crippen molar-refractivity contribution < 1.29 is 13.6 Å². The van der Waals surface area contributed by atoms with Crippen LogP contribution in [0.2, 0.25) is 10.0 Å². The Morgan fingerprint density at radius 3 is 2.46 bits per heavy atom. The topological polar surface area (TPSA) is 72.2 Å². The molecule has 10 heteroatoms. The predicted molar refractivity (Wildman–Crippen MR) is 84.9 cm³/mol. The van der Waals surface area contributed by atoms with Gasteiger partial charge in [0.1, 0.15) is 5.69 Å². The maximum Gasteiger partial charge on any atom is 0.295 e. The maximum absolute atomic E-state index is 13.1. The second-order valence-corrected chi connectivity index (χ2v) is 5.76. The van der Waals surface area contributed by atoms with E-state index in [-0.39, 0.29) is 11.6 Å². The van der Waals surface area contributed by atoms with Crippen molar-refractivity contribution in [2.24, 2.45) is 0 Å². The summed E-state index contributed by atoms with van der Waals surface area (Å²) in [5.74, 6) is -1.08. The van der Waals surface area contributed by atoms with Gasteiger partial charge < -0.3 is 5.32 Å². The predicted octanol–water partition coefficient (Wildman–Crippen LogP) is 3.93. The fourth-order valence-corrected chi connectivity index (χ4v) is 2.61. The van der Waals surface area contributed by atoms with E-state index in [2.05, 4.69) is 20.4 Å². The van der Waals surface area contributed by atoms with Crippen LogP contribution in [-0.4, -0.2) is 25.5 Å². The number of hydrogen-bond acceptors (Lipinski definition) is 4. The molecule has 124 valence electrons. The van der Waals surface area contributed by atoms with E-state index in [0.29, 0.717) is 21.4 Å². The zero-order chi connectivity index (χ0) is 17.4. The second kappa shape index (κ2) is 6.29. The number of aryl methyl sites for hydroxylation is 1. The minimum Gasteiger partial charge on any atom is -0.319 e. The van der Waals surface area contributed by atoms with Crippen molar-refractivity contribution in [3.05, 3.63) is 51.5 Å². The van der Waals surface area contributed by atoms with Crippen LogP contribution in [0.5, 0.6) is 0 Å². The van der Waals surface area contributed by atoms with E-state index in [1.54, 1.807) is 6.92 Å². The van der Waals surface area contributed by atoms with Crippen LogP contribution >= 0.6 is 23.2 Å². The molecule has 0 aliphatic rings. The van der Waals surface area contributed by atoms with Crippen molar-refractivity contribution in [3.8, 4) is 0 Å². The molecule has 0 aliphatic carbocycles. The smallest absolute Gasteiger partial charge is 0.295 e. The number of rotatable bonds is 3. The first-order chi connectivity index (χ1) is 11.3. The molecule has 0 spiro atoms. The molecule has 1 amide bonds. The SMILES string of the molecule is Cc1cc(C(F)F)n2nc(C(=O)Nc3cc(Cl)cc(Cl)c3)nc2n1. The summed E-state index contributed by atoms with van der Waals surface area (Å²) in [5, 5.41) is 6.97. The van der Waals surface area contributed by atoms with Gasteiger partial charge in [0.05, 0.1) is 0 Å². The fraction of sp³-hybridized carbons (Fsp3) is 0.143. The van der Waals surface area contributed by atoms with Crippen molar-refractivity contribution in [1.82, 2.24) is 19.6 Å². The number of fused-ring (bicyclic) bond motifs is 1. The number of carbonyl (C=O) groups excluding carboxylic acids is 1. The number of anilines is 1. The highest BCUT2D eigenvalue weighted by Gasteiger charge is 2.20. The number of amides is 1. The van der Waals surface area contributed by atoms with Crippen molar-refractivity contribution >= 4 is 40.6 Å². The molecule has 0 atom stereocenters. The Balaban J connectivity index is 1.97. The summed E-state index contributed by atoms with van der Waals surface area (Å²) in [7, 11) is 0. The molecule has 3 rings (SSSR count). The van der Waals surface area contributed by atoms with Crippen LogP contribution in [0.3, 0.4) is 0 Å². The number of nitrogens with zero attached hydrogens (tertiary/aromatic N) is 4. The number of halogens is 4. The number of carbonyl (C=O) groups is 1. The van der Waals surface area contributed by atoms with Crippen LogP contribution in [0.1, 0.15) is 28.4 Å². The first kappa shape index (κ1) is 16.5. The molecule has 0 fully saturated rings. The highest BCUT2D eigenvalue weighted by molar-refractivity contribution is 6.35. The third kappa shape index (κ3) is 3.29. The van der Waals surface area contributed by atoms with Crippen molar-refractivity contribution in [3.63, 3.8) is 0 Å². The zero-order valence-corrected chi connectivity index (χ0v) is 13.6. The number of aromatic nitrogens is 4. The van der Waals surface area contributed by atoms with Gasteiger partial charge in [0.15, 0.2) is 0 Å². The molecule has 24 heavy (non-hydrogen) atoms. The van der Waals surface area contributed by atoms with Gasteiger partial charge in [0.2, 0.25) is 5.82 Å². The van der Waals surface area contributed by atoms with Crippen LogP contribution < -0.4 is 5.32 Å². The summed E-state index contributed by atoms with van der Waals surface area (Å²) in [6, 6.07) is 5.65. The molecule has 0 bridgehead atoms. The molecule has 0 saturated heterocycles. The number of hydrogen-bond donors (Lipinski definition) is 1. The summed E-state index contributed by atoms with van der Waals surface area (Å²) in [4.78, 5) is 20.1. The highest BCUT2D eigenvalue weighted by atomic mass is 35.5. The van der Waals surface area contributed by atoms with Crippen molar-refractivity contribution in [2.45, 2.75) is 13.3 Å². The molecule has 2 heterocycles. The summed E-state index contributed by atoms with van der Waals surface area (Å²) in [6.45, 7) is 1.55. The Labute approximate surface area is 144 Å². The fourth-order valence-electron chi connectivity index (χ4n) is 2.08. The molecule has 0 aliphatic heterocycles. The molecule has 0 unspecified atom stereocenters. The van der Waals surface area contributed by atoms with Gasteiger partial charge in [-0.05, 0) is 31.2 Å². The number of benzene rings is 1. The maximum atomic E-state index is 13.1. The monoisotopic (exact) mass is 371 g/mol. The molecule has 1 aromatic carbocycles. The molecule has 6 nitrogen and oxygen atoms in total. The summed E-state index contributed by atoms with van der Waals surface area (Å²) < 4.78 is 27.0. The van der Waals surface area contributed by atoms with E-state index < -0.39 is 18.0 Å². The Hall–Kier alpha value is -2.32.